The van der Waals surface area contributed by atoms with Gasteiger partial charge in [0.1, 0.15) is 25.7 Å². The van der Waals surface area contributed by atoms with Gasteiger partial charge < -0.3 is 26.4 Å². The lowest BCUT2D eigenvalue weighted by atomic mass is 10.3. The van der Waals surface area contributed by atoms with E-state index in [2.05, 4.69) is 7.05 Å². The van der Waals surface area contributed by atoms with Crippen molar-refractivity contribution in [1.82, 2.24) is 0 Å². The smallest absolute Gasteiger partial charge is 0.130 e. The third-order valence-corrected chi connectivity index (χ3v) is 2.60. The van der Waals surface area contributed by atoms with Gasteiger partial charge in [0.25, 0.3) is 0 Å². The second-order valence-electron chi connectivity index (χ2n) is 3.82. The summed E-state index contributed by atoms with van der Waals surface area (Å²) in [5.74, 6) is 0. The zero-order chi connectivity index (χ0) is 7.73. The van der Waals surface area contributed by atoms with E-state index in [0.29, 0.717) is 6.10 Å². The highest BCUT2D eigenvalue weighted by molar-refractivity contribution is 4.68. The molecule has 1 unspecified atom stereocenters. The van der Waals surface area contributed by atoms with Crippen molar-refractivity contribution in [3.63, 3.8) is 0 Å². The molecule has 2 rings (SSSR count). The largest absolute Gasteiger partial charge is 1.00 e. The van der Waals surface area contributed by atoms with Crippen LogP contribution in [0.15, 0.2) is 0 Å². The van der Waals surface area contributed by atoms with E-state index in [1.807, 2.05) is 0 Å². The first kappa shape index (κ1) is 10.3. The Bertz CT molecular complexity index is 144. The van der Waals surface area contributed by atoms with Crippen LogP contribution in [0.25, 0.3) is 0 Å². The van der Waals surface area contributed by atoms with Gasteiger partial charge in [-0.15, -0.1) is 0 Å². The third kappa shape index (κ3) is 2.59. The van der Waals surface area contributed by atoms with Crippen LogP contribution in [0.2, 0.25) is 0 Å². The van der Waals surface area contributed by atoms with Crippen molar-refractivity contribution in [3.8, 4) is 0 Å². The Hall–Kier alpha value is 0.170. The van der Waals surface area contributed by atoms with Gasteiger partial charge in [-0.1, -0.05) is 0 Å². The molecule has 2 aliphatic heterocycles. The molecular weight excluding hydrogens is 178 g/mol. The highest BCUT2D eigenvalue weighted by Crippen LogP contribution is 2.16. The van der Waals surface area contributed by atoms with Gasteiger partial charge in [-0.25, -0.2) is 0 Å². The molecule has 12 heavy (non-hydrogen) atoms. The number of hydrogen-bond acceptors (Lipinski definition) is 2. The van der Waals surface area contributed by atoms with E-state index in [-0.39, 0.29) is 12.4 Å². The number of nitrogens with zero attached hydrogens (tertiary/aromatic N) is 1. The van der Waals surface area contributed by atoms with Gasteiger partial charge in [-0.2, -0.15) is 0 Å². The number of epoxide rings is 1. The first-order valence-corrected chi connectivity index (χ1v) is 4.31. The van der Waals surface area contributed by atoms with Crippen LogP contribution in [0.3, 0.4) is 0 Å². The van der Waals surface area contributed by atoms with Gasteiger partial charge in [-0.3, -0.25) is 0 Å². The van der Waals surface area contributed by atoms with Crippen LogP contribution >= 0.6 is 0 Å². The summed E-state index contributed by atoms with van der Waals surface area (Å²) < 4.78 is 11.7. The standard InChI is InChI=1S/C8H16NO2.ClH/c1-9(6-8-7-11-8)2-4-10-5-3-9;/h8H,2-7H2,1H3;1H/q+1;/p-1. The number of ether oxygens (including phenoxy) is 2. The van der Waals surface area contributed by atoms with Crippen LogP contribution in [0, 0.1) is 0 Å². The second kappa shape index (κ2) is 3.92. The molecule has 2 saturated heterocycles. The van der Waals surface area contributed by atoms with Gasteiger partial charge in [0.05, 0.1) is 26.9 Å². The lowest BCUT2D eigenvalue weighted by Gasteiger charge is -2.37. The number of halogens is 1. The predicted molar refractivity (Wildman–Crippen MR) is 41.3 cm³/mol. The predicted octanol–water partition coefficient (Wildman–Crippen LogP) is -3.13. The summed E-state index contributed by atoms with van der Waals surface area (Å²) in [7, 11) is 2.30. The molecule has 0 amide bonds. The fourth-order valence-electron chi connectivity index (χ4n) is 1.63. The molecule has 72 valence electrons. The van der Waals surface area contributed by atoms with Gasteiger partial charge in [0.15, 0.2) is 0 Å². The summed E-state index contributed by atoms with van der Waals surface area (Å²) in [5.41, 5.74) is 0. The fourth-order valence-corrected chi connectivity index (χ4v) is 1.63. The summed E-state index contributed by atoms with van der Waals surface area (Å²) in [4.78, 5) is 0. The van der Waals surface area contributed by atoms with E-state index in [0.717, 1.165) is 37.4 Å². The molecule has 0 radical (unpaired) electrons. The molecule has 0 aromatic rings. The molecule has 4 heteroatoms. The Morgan fingerprint density at radius 3 is 2.42 bits per heavy atom. The molecule has 2 heterocycles. The number of quaternary nitrogens is 1. The monoisotopic (exact) mass is 193 g/mol. The second-order valence-corrected chi connectivity index (χ2v) is 3.82. The maximum absolute atomic E-state index is 5.31. The Kier molecular flexibility index (Phi) is 3.35. The molecule has 0 aromatic carbocycles. The molecular formula is C8H16ClNO2. The lowest BCUT2D eigenvalue weighted by Crippen LogP contribution is -3.00. The maximum Gasteiger partial charge on any atom is 0.130 e. The normalized spacial score (nSPS) is 32.2. The van der Waals surface area contributed by atoms with E-state index in [9.17, 15) is 0 Å². The lowest BCUT2D eigenvalue weighted by molar-refractivity contribution is -0.917. The molecule has 1 atom stereocenters. The molecule has 2 aliphatic rings. The van der Waals surface area contributed by atoms with E-state index in [4.69, 9.17) is 9.47 Å². The highest BCUT2D eigenvalue weighted by atomic mass is 35.5. The quantitative estimate of drug-likeness (QED) is 0.342. The van der Waals surface area contributed by atoms with Crippen LogP contribution in [0.1, 0.15) is 0 Å². The number of hydrogen-bond donors (Lipinski definition) is 0. The topological polar surface area (TPSA) is 21.8 Å². The van der Waals surface area contributed by atoms with Crippen molar-refractivity contribution in [2.75, 3.05) is 46.5 Å². The van der Waals surface area contributed by atoms with Crippen molar-refractivity contribution in [1.29, 1.82) is 0 Å². The number of morpholine rings is 1. The minimum Gasteiger partial charge on any atom is -1.00 e. The Labute approximate surface area is 79.6 Å². The van der Waals surface area contributed by atoms with E-state index >= 15 is 0 Å². The van der Waals surface area contributed by atoms with Crippen molar-refractivity contribution in [2.24, 2.45) is 0 Å². The van der Waals surface area contributed by atoms with Gasteiger partial charge in [0.2, 0.25) is 0 Å². The van der Waals surface area contributed by atoms with Gasteiger partial charge in [0, 0.05) is 0 Å². The van der Waals surface area contributed by atoms with Crippen molar-refractivity contribution in [2.45, 2.75) is 6.10 Å². The van der Waals surface area contributed by atoms with E-state index in [1.54, 1.807) is 0 Å². The SMILES string of the molecule is C[N+]1(CC2CO2)CCOCC1.[Cl-]. The average Bonchev–Trinajstić information content (AvgIpc) is 2.72. The summed E-state index contributed by atoms with van der Waals surface area (Å²) in [6.45, 7) is 6.31. The van der Waals surface area contributed by atoms with E-state index in [1.165, 1.54) is 6.54 Å². The van der Waals surface area contributed by atoms with Crippen molar-refractivity contribution >= 4 is 0 Å². The zero-order valence-corrected chi connectivity index (χ0v) is 8.22. The molecule has 0 aromatic heterocycles. The van der Waals surface area contributed by atoms with Crippen molar-refractivity contribution < 1.29 is 26.4 Å². The summed E-state index contributed by atoms with van der Waals surface area (Å²) in [5, 5.41) is 0. The van der Waals surface area contributed by atoms with E-state index < -0.39 is 0 Å². The van der Waals surface area contributed by atoms with Crippen LogP contribution in [0.5, 0.6) is 0 Å². The third-order valence-electron chi connectivity index (χ3n) is 2.60. The molecule has 0 N–H and O–H groups in total. The first-order chi connectivity index (χ1) is 5.29. The molecule has 0 saturated carbocycles. The van der Waals surface area contributed by atoms with Crippen molar-refractivity contribution in [3.05, 3.63) is 0 Å². The van der Waals surface area contributed by atoms with Gasteiger partial charge in [-0.05, 0) is 0 Å². The minimum absolute atomic E-state index is 0. The molecule has 0 aliphatic carbocycles. The Morgan fingerprint density at radius 1 is 1.33 bits per heavy atom. The van der Waals surface area contributed by atoms with Crippen LogP contribution in [-0.2, 0) is 9.47 Å². The van der Waals surface area contributed by atoms with Gasteiger partial charge >= 0.3 is 0 Å². The van der Waals surface area contributed by atoms with Crippen LogP contribution < -0.4 is 12.4 Å². The van der Waals surface area contributed by atoms with Crippen LogP contribution in [0.4, 0.5) is 0 Å². The minimum atomic E-state index is 0. The number of rotatable bonds is 2. The fraction of sp³-hybridized carbons (Fsp3) is 1.00. The zero-order valence-electron chi connectivity index (χ0n) is 7.46. The average molecular weight is 194 g/mol. The molecule has 0 spiro atoms. The maximum atomic E-state index is 5.31. The molecule has 0 bridgehead atoms. The molecule has 2 fully saturated rings. The summed E-state index contributed by atoms with van der Waals surface area (Å²) >= 11 is 0. The molecule has 3 nitrogen and oxygen atoms in total. The Balaban J connectivity index is 0.000000720. The Morgan fingerprint density at radius 2 is 1.92 bits per heavy atom. The number of likely N-dealkylation sites (N-methyl/N-ethyl adjacent to an activating group) is 1. The first-order valence-electron chi connectivity index (χ1n) is 4.31. The summed E-state index contributed by atoms with van der Waals surface area (Å²) in [6, 6.07) is 0. The highest BCUT2D eigenvalue weighted by Gasteiger charge is 2.35. The summed E-state index contributed by atoms with van der Waals surface area (Å²) in [6.07, 6.45) is 0.554. The van der Waals surface area contributed by atoms with Crippen LogP contribution in [-0.4, -0.2) is 57.1 Å².